The van der Waals surface area contributed by atoms with Gasteiger partial charge < -0.3 is 9.64 Å². The molecule has 3 aromatic rings. The molecule has 0 bridgehead atoms. The first-order valence-corrected chi connectivity index (χ1v) is 7.99. The van der Waals surface area contributed by atoms with Crippen molar-refractivity contribution in [2.75, 3.05) is 24.7 Å². The van der Waals surface area contributed by atoms with Crippen LogP contribution in [0, 0.1) is 0 Å². The van der Waals surface area contributed by atoms with Crippen molar-refractivity contribution in [1.82, 2.24) is 25.0 Å². The van der Waals surface area contributed by atoms with Crippen LogP contribution in [-0.2, 0) is 11.2 Å². The van der Waals surface area contributed by atoms with Crippen molar-refractivity contribution in [2.45, 2.75) is 26.3 Å². The van der Waals surface area contributed by atoms with E-state index in [0.717, 1.165) is 48.8 Å². The minimum absolute atomic E-state index is 0.321. The Morgan fingerprint density at radius 2 is 2.35 bits per heavy atom. The summed E-state index contributed by atoms with van der Waals surface area (Å²) in [6.45, 7) is 6.67. The third-order valence-corrected chi connectivity index (χ3v) is 4.37. The van der Waals surface area contributed by atoms with Gasteiger partial charge in [-0.05, 0) is 25.0 Å². The second-order valence-electron chi connectivity index (χ2n) is 5.85. The maximum Gasteiger partial charge on any atom is 0.167 e. The van der Waals surface area contributed by atoms with Crippen molar-refractivity contribution < 1.29 is 4.74 Å². The fourth-order valence-electron chi connectivity index (χ4n) is 3.10. The van der Waals surface area contributed by atoms with E-state index in [1.54, 1.807) is 6.20 Å². The summed E-state index contributed by atoms with van der Waals surface area (Å²) in [5.41, 5.74) is 2.12. The van der Waals surface area contributed by atoms with E-state index >= 15 is 0 Å². The number of aromatic amines is 1. The summed E-state index contributed by atoms with van der Waals surface area (Å²) in [5, 5.41) is 12.5. The van der Waals surface area contributed by atoms with Crippen LogP contribution in [0.25, 0.3) is 16.9 Å². The lowest BCUT2D eigenvalue weighted by Gasteiger charge is -2.34. The standard InChI is InChI=1S/C16H20N6O/c1-3-12-8-15(21-6-7-23-10-11(21)2)19-16-13(12)9-18-22(16)14-4-5-17-20-14/h4-5,8-9,11H,3,6-7,10H2,1-2H3,(H,17,20)/t11-/m1/s1. The highest BCUT2D eigenvalue weighted by molar-refractivity contribution is 5.82. The first kappa shape index (κ1) is 14.2. The number of hydrogen-bond acceptors (Lipinski definition) is 5. The summed E-state index contributed by atoms with van der Waals surface area (Å²) in [6.07, 6.45) is 4.55. The molecule has 1 N–H and O–H groups in total. The highest BCUT2D eigenvalue weighted by Gasteiger charge is 2.22. The number of ether oxygens (including phenoxy) is 1. The molecule has 4 heterocycles. The van der Waals surface area contributed by atoms with Gasteiger partial charge in [0.2, 0.25) is 0 Å². The minimum atomic E-state index is 0.321. The number of H-pyrrole nitrogens is 1. The molecule has 0 unspecified atom stereocenters. The number of nitrogens with zero attached hydrogens (tertiary/aromatic N) is 5. The van der Waals surface area contributed by atoms with Crippen LogP contribution in [0.5, 0.6) is 0 Å². The van der Waals surface area contributed by atoms with Crippen LogP contribution in [0.15, 0.2) is 24.5 Å². The SMILES string of the molecule is CCc1cc(N2CCOC[C@H]2C)nc2c1cnn2-c1ccn[nH]1. The monoisotopic (exact) mass is 312 g/mol. The van der Waals surface area contributed by atoms with E-state index in [-0.39, 0.29) is 0 Å². The number of rotatable bonds is 3. The molecule has 1 aliphatic heterocycles. The topological polar surface area (TPSA) is 71.9 Å². The van der Waals surface area contributed by atoms with Gasteiger partial charge in [0, 0.05) is 18.0 Å². The van der Waals surface area contributed by atoms with Gasteiger partial charge >= 0.3 is 0 Å². The molecule has 1 saturated heterocycles. The molecular formula is C16H20N6O. The Morgan fingerprint density at radius 1 is 1.43 bits per heavy atom. The Bertz CT molecular complexity index is 809. The molecule has 1 fully saturated rings. The van der Waals surface area contributed by atoms with E-state index in [9.17, 15) is 0 Å². The number of anilines is 1. The Hall–Kier alpha value is -2.41. The molecule has 0 spiro atoms. The molecule has 1 aliphatic rings. The number of pyridine rings is 1. The molecular weight excluding hydrogens is 292 g/mol. The third-order valence-electron chi connectivity index (χ3n) is 4.37. The van der Waals surface area contributed by atoms with Gasteiger partial charge in [0.1, 0.15) is 5.82 Å². The van der Waals surface area contributed by atoms with Crippen molar-refractivity contribution >= 4 is 16.9 Å². The minimum Gasteiger partial charge on any atom is -0.377 e. The highest BCUT2D eigenvalue weighted by atomic mass is 16.5. The quantitative estimate of drug-likeness (QED) is 0.800. The first-order valence-electron chi connectivity index (χ1n) is 7.99. The summed E-state index contributed by atoms with van der Waals surface area (Å²) >= 11 is 0. The van der Waals surface area contributed by atoms with Crippen molar-refractivity contribution in [3.05, 3.63) is 30.1 Å². The smallest absolute Gasteiger partial charge is 0.167 e. The van der Waals surface area contributed by atoms with Crippen molar-refractivity contribution in [3.63, 3.8) is 0 Å². The number of hydrogen-bond donors (Lipinski definition) is 1. The van der Waals surface area contributed by atoms with Gasteiger partial charge in [-0.1, -0.05) is 6.92 Å². The summed E-state index contributed by atoms with van der Waals surface area (Å²) in [5.74, 6) is 1.81. The van der Waals surface area contributed by atoms with Gasteiger partial charge in [-0.25, -0.2) is 4.98 Å². The number of aromatic nitrogens is 5. The molecule has 0 aromatic carbocycles. The Morgan fingerprint density at radius 3 is 3.09 bits per heavy atom. The van der Waals surface area contributed by atoms with Crippen molar-refractivity contribution in [3.8, 4) is 5.82 Å². The van der Waals surface area contributed by atoms with E-state index in [1.807, 2.05) is 16.9 Å². The van der Waals surface area contributed by atoms with Crippen LogP contribution < -0.4 is 4.90 Å². The van der Waals surface area contributed by atoms with Crippen LogP contribution in [0.4, 0.5) is 5.82 Å². The van der Waals surface area contributed by atoms with E-state index < -0.39 is 0 Å². The number of nitrogens with one attached hydrogen (secondary N) is 1. The van der Waals surface area contributed by atoms with Crippen LogP contribution in [0.3, 0.4) is 0 Å². The fraction of sp³-hybridized carbons (Fsp3) is 0.438. The zero-order valence-corrected chi connectivity index (χ0v) is 13.4. The zero-order valence-electron chi connectivity index (χ0n) is 13.4. The van der Waals surface area contributed by atoms with Gasteiger partial charge in [-0.3, -0.25) is 5.10 Å². The molecule has 120 valence electrons. The second-order valence-corrected chi connectivity index (χ2v) is 5.85. The van der Waals surface area contributed by atoms with Crippen molar-refractivity contribution in [2.24, 2.45) is 0 Å². The molecule has 7 heteroatoms. The summed E-state index contributed by atoms with van der Waals surface area (Å²) < 4.78 is 7.36. The van der Waals surface area contributed by atoms with Crippen LogP contribution in [-0.4, -0.2) is 50.8 Å². The summed E-state index contributed by atoms with van der Waals surface area (Å²) in [7, 11) is 0. The van der Waals surface area contributed by atoms with Gasteiger partial charge in [-0.2, -0.15) is 14.9 Å². The van der Waals surface area contributed by atoms with Crippen LogP contribution in [0.2, 0.25) is 0 Å². The normalized spacial score (nSPS) is 18.7. The Labute approximate surface area is 134 Å². The van der Waals surface area contributed by atoms with Crippen molar-refractivity contribution in [1.29, 1.82) is 0 Å². The van der Waals surface area contributed by atoms with E-state index in [1.165, 1.54) is 5.56 Å². The Balaban J connectivity index is 1.87. The van der Waals surface area contributed by atoms with Gasteiger partial charge in [-0.15, -0.1) is 0 Å². The predicted octanol–water partition coefficient (Wildman–Crippen LogP) is 1.93. The average molecular weight is 312 g/mol. The molecule has 23 heavy (non-hydrogen) atoms. The third kappa shape index (κ3) is 2.37. The lowest BCUT2D eigenvalue weighted by molar-refractivity contribution is 0.0985. The van der Waals surface area contributed by atoms with Gasteiger partial charge in [0.15, 0.2) is 11.5 Å². The Kier molecular flexibility index (Phi) is 3.49. The summed E-state index contributed by atoms with van der Waals surface area (Å²) in [4.78, 5) is 7.21. The summed E-state index contributed by atoms with van der Waals surface area (Å²) in [6, 6.07) is 4.40. The average Bonchev–Trinajstić information content (AvgIpc) is 3.23. The molecule has 0 aliphatic carbocycles. The largest absolute Gasteiger partial charge is 0.377 e. The molecule has 0 saturated carbocycles. The van der Waals surface area contributed by atoms with Crippen LogP contribution >= 0.6 is 0 Å². The molecule has 3 aromatic heterocycles. The lowest BCUT2D eigenvalue weighted by Crippen LogP contribution is -2.44. The zero-order chi connectivity index (χ0) is 15.8. The predicted molar refractivity (Wildman–Crippen MR) is 88.0 cm³/mol. The molecule has 7 nitrogen and oxygen atoms in total. The maximum atomic E-state index is 5.54. The van der Waals surface area contributed by atoms with Gasteiger partial charge in [0.25, 0.3) is 0 Å². The number of aryl methyl sites for hydroxylation is 1. The van der Waals surface area contributed by atoms with E-state index in [4.69, 9.17) is 9.72 Å². The second kappa shape index (κ2) is 5.66. The van der Waals surface area contributed by atoms with E-state index in [0.29, 0.717) is 6.04 Å². The fourth-order valence-corrected chi connectivity index (χ4v) is 3.10. The highest BCUT2D eigenvalue weighted by Crippen LogP contribution is 2.26. The molecule has 1 atom stereocenters. The number of morpholine rings is 1. The molecule has 4 rings (SSSR count). The molecule has 0 amide bonds. The molecule has 0 radical (unpaired) electrons. The lowest BCUT2D eigenvalue weighted by atomic mass is 10.1. The first-order chi connectivity index (χ1) is 11.3. The number of fused-ring (bicyclic) bond motifs is 1. The van der Waals surface area contributed by atoms with Crippen LogP contribution in [0.1, 0.15) is 19.4 Å². The van der Waals surface area contributed by atoms with E-state index in [2.05, 4.69) is 40.1 Å². The van der Waals surface area contributed by atoms with Gasteiger partial charge in [0.05, 0.1) is 31.6 Å². The maximum absolute atomic E-state index is 5.54.